The zero-order valence-corrected chi connectivity index (χ0v) is 14.1. The lowest BCUT2D eigenvalue weighted by molar-refractivity contribution is -0.121. The molecule has 0 bridgehead atoms. The highest BCUT2D eigenvalue weighted by Gasteiger charge is 2.30. The van der Waals surface area contributed by atoms with Crippen LogP contribution in [0.3, 0.4) is 0 Å². The van der Waals surface area contributed by atoms with Crippen LogP contribution in [0.2, 0.25) is 0 Å². The molecular formula is C16H23FN2O3S. The van der Waals surface area contributed by atoms with Crippen LogP contribution in [-0.4, -0.2) is 56.9 Å². The highest BCUT2D eigenvalue weighted by atomic mass is 32.2. The first kappa shape index (κ1) is 17.9. The molecule has 1 fully saturated rings. The Morgan fingerprint density at radius 2 is 2.04 bits per heavy atom. The molecule has 0 radical (unpaired) electrons. The number of nitrogens with zero attached hydrogens (tertiary/aromatic N) is 1. The smallest absolute Gasteiger partial charge is 0.221 e. The average molecular weight is 342 g/mol. The molecular weight excluding hydrogens is 319 g/mol. The maximum atomic E-state index is 12.8. The minimum atomic E-state index is -2.90. The zero-order chi connectivity index (χ0) is 16.9. The van der Waals surface area contributed by atoms with Crippen LogP contribution in [0.25, 0.3) is 0 Å². The molecule has 0 aliphatic carbocycles. The normalized spacial score (nSPS) is 19.9. The van der Waals surface area contributed by atoms with E-state index in [9.17, 15) is 17.6 Å². The van der Waals surface area contributed by atoms with E-state index in [2.05, 4.69) is 5.32 Å². The average Bonchev–Trinajstić information content (AvgIpc) is 2.87. The second-order valence-electron chi connectivity index (χ2n) is 6.01. The molecule has 1 unspecified atom stereocenters. The van der Waals surface area contributed by atoms with Crippen LogP contribution in [0.5, 0.6) is 0 Å². The fourth-order valence-electron chi connectivity index (χ4n) is 2.67. The summed E-state index contributed by atoms with van der Waals surface area (Å²) in [6.07, 6.45) is 1.64. The number of amides is 1. The molecule has 1 saturated heterocycles. The van der Waals surface area contributed by atoms with Crippen molar-refractivity contribution < 1.29 is 17.6 Å². The number of hydrogen-bond acceptors (Lipinski definition) is 4. The number of nitrogens with one attached hydrogen (secondary N) is 1. The molecule has 1 aromatic rings. The number of halogens is 1. The Labute approximate surface area is 136 Å². The van der Waals surface area contributed by atoms with Crippen molar-refractivity contribution in [1.29, 1.82) is 0 Å². The van der Waals surface area contributed by atoms with E-state index < -0.39 is 9.84 Å². The van der Waals surface area contributed by atoms with Crippen LogP contribution < -0.4 is 5.32 Å². The second-order valence-corrected chi connectivity index (χ2v) is 8.24. The van der Waals surface area contributed by atoms with Gasteiger partial charge in [-0.1, -0.05) is 12.1 Å². The molecule has 1 atom stereocenters. The summed E-state index contributed by atoms with van der Waals surface area (Å²) in [6, 6.07) is 6.24. The van der Waals surface area contributed by atoms with Gasteiger partial charge in [0.1, 0.15) is 5.82 Å². The first-order valence-electron chi connectivity index (χ1n) is 7.77. The molecule has 128 valence electrons. The molecule has 0 saturated carbocycles. The minimum Gasteiger partial charge on any atom is -0.356 e. The number of carbonyl (C=O) groups is 1. The number of carbonyl (C=O) groups excluding carboxylic acids is 1. The van der Waals surface area contributed by atoms with Crippen LogP contribution in [0.4, 0.5) is 4.39 Å². The lowest BCUT2D eigenvalue weighted by atomic mass is 10.1. The van der Waals surface area contributed by atoms with Crippen molar-refractivity contribution in [3.8, 4) is 0 Å². The fourth-order valence-corrected chi connectivity index (χ4v) is 4.47. The molecule has 1 amide bonds. The predicted octanol–water partition coefficient (Wildman–Crippen LogP) is 0.993. The summed E-state index contributed by atoms with van der Waals surface area (Å²) in [5, 5.41) is 2.83. The van der Waals surface area contributed by atoms with Crippen LogP contribution in [0.1, 0.15) is 18.4 Å². The molecule has 1 heterocycles. The van der Waals surface area contributed by atoms with Crippen LogP contribution in [0.15, 0.2) is 24.3 Å². The Morgan fingerprint density at radius 3 is 2.65 bits per heavy atom. The molecule has 0 aromatic heterocycles. The summed E-state index contributed by atoms with van der Waals surface area (Å²) in [4.78, 5) is 13.8. The monoisotopic (exact) mass is 342 g/mol. The van der Waals surface area contributed by atoms with Crippen LogP contribution >= 0.6 is 0 Å². The van der Waals surface area contributed by atoms with Gasteiger partial charge in [-0.3, -0.25) is 4.79 Å². The van der Waals surface area contributed by atoms with E-state index in [4.69, 9.17) is 0 Å². The SMILES string of the molecule is CN(CCC(=O)NCCc1ccc(F)cc1)C1CCS(=O)(=O)C1. The van der Waals surface area contributed by atoms with Crippen LogP contribution in [-0.2, 0) is 21.1 Å². The van der Waals surface area contributed by atoms with E-state index in [0.29, 0.717) is 32.4 Å². The number of rotatable bonds is 7. The van der Waals surface area contributed by atoms with Crippen molar-refractivity contribution in [3.63, 3.8) is 0 Å². The Kier molecular flexibility index (Phi) is 6.12. The number of sulfone groups is 1. The Hall–Kier alpha value is -1.47. The third-order valence-corrected chi connectivity index (χ3v) is 5.92. The summed E-state index contributed by atoms with van der Waals surface area (Å²) in [5.41, 5.74) is 0.972. The maximum absolute atomic E-state index is 12.8. The van der Waals surface area contributed by atoms with Crippen molar-refractivity contribution in [2.24, 2.45) is 0 Å². The first-order valence-corrected chi connectivity index (χ1v) is 9.60. The zero-order valence-electron chi connectivity index (χ0n) is 13.3. The molecule has 1 aromatic carbocycles. The summed E-state index contributed by atoms with van der Waals surface area (Å²) in [6.45, 7) is 1.05. The molecule has 23 heavy (non-hydrogen) atoms. The lowest BCUT2D eigenvalue weighted by Gasteiger charge is -2.22. The summed E-state index contributed by atoms with van der Waals surface area (Å²) in [7, 11) is -1.04. The molecule has 1 N–H and O–H groups in total. The molecule has 0 spiro atoms. The summed E-state index contributed by atoms with van der Waals surface area (Å²) in [5.74, 6) is 0.108. The van der Waals surface area contributed by atoms with Gasteiger partial charge < -0.3 is 10.2 Å². The number of benzene rings is 1. The number of hydrogen-bond donors (Lipinski definition) is 1. The van der Waals surface area contributed by atoms with Crippen molar-refractivity contribution in [1.82, 2.24) is 10.2 Å². The van der Waals surface area contributed by atoms with Crippen molar-refractivity contribution in [2.75, 3.05) is 31.6 Å². The van der Waals surface area contributed by atoms with E-state index in [-0.39, 0.29) is 29.3 Å². The van der Waals surface area contributed by atoms with Gasteiger partial charge in [0.05, 0.1) is 11.5 Å². The molecule has 7 heteroatoms. The van der Waals surface area contributed by atoms with Crippen molar-refractivity contribution in [3.05, 3.63) is 35.6 Å². The Bertz CT molecular complexity index is 631. The van der Waals surface area contributed by atoms with E-state index in [1.54, 1.807) is 12.1 Å². The van der Waals surface area contributed by atoms with Gasteiger partial charge in [-0.25, -0.2) is 12.8 Å². The topological polar surface area (TPSA) is 66.5 Å². The maximum Gasteiger partial charge on any atom is 0.221 e. The van der Waals surface area contributed by atoms with Crippen molar-refractivity contribution in [2.45, 2.75) is 25.3 Å². The van der Waals surface area contributed by atoms with Gasteiger partial charge in [0.25, 0.3) is 0 Å². The van der Waals surface area contributed by atoms with Crippen molar-refractivity contribution >= 4 is 15.7 Å². The largest absolute Gasteiger partial charge is 0.356 e. The van der Waals surface area contributed by atoms with E-state index in [1.807, 2.05) is 11.9 Å². The van der Waals surface area contributed by atoms with Gasteiger partial charge in [-0.05, 0) is 37.6 Å². The molecule has 2 rings (SSSR count). The summed E-state index contributed by atoms with van der Waals surface area (Å²) >= 11 is 0. The lowest BCUT2D eigenvalue weighted by Crippen LogP contribution is -2.36. The standard InChI is InChI=1S/C16H23FN2O3S/c1-19(15-8-11-23(21,22)12-15)10-7-16(20)18-9-6-13-2-4-14(17)5-3-13/h2-5,15H,6-12H2,1H3,(H,18,20). The molecule has 1 aliphatic heterocycles. The first-order chi connectivity index (χ1) is 10.9. The van der Waals surface area contributed by atoms with Gasteiger partial charge in [-0.15, -0.1) is 0 Å². The third-order valence-electron chi connectivity index (χ3n) is 4.17. The van der Waals surface area contributed by atoms with Gasteiger partial charge >= 0.3 is 0 Å². The second kappa shape index (κ2) is 7.88. The minimum absolute atomic E-state index is 0.0204. The quantitative estimate of drug-likeness (QED) is 0.803. The molecule has 5 nitrogen and oxygen atoms in total. The van der Waals surface area contributed by atoms with Gasteiger partial charge in [-0.2, -0.15) is 0 Å². The van der Waals surface area contributed by atoms with E-state index in [0.717, 1.165) is 5.56 Å². The van der Waals surface area contributed by atoms with Gasteiger partial charge in [0.15, 0.2) is 9.84 Å². The highest BCUT2D eigenvalue weighted by molar-refractivity contribution is 7.91. The molecule has 1 aliphatic rings. The third kappa shape index (κ3) is 5.91. The van der Waals surface area contributed by atoms with E-state index >= 15 is 0 Å². The fraction of sp³-hybridized carbons (Fsp3) is 0.562. The van der Waals surface area contributed by atoms with Crippen LogP contribution in [0, 0.1) is 5.82 Å². The Balaban J connectivity index is 1.64. The van der Waals surface area contributed by atoms with E-state index in [1.165, 1.54) is 12.1 Å². The van der Waals surface area contributed by atoms with Gasteiger partial charge in [0.2, 0.25) is 5.91 Å². The highest BCUT2D eigenvalue weighted by Crippen LogP contribution is 2.16. The Morgan fingerprint density at radius 1 is 1.35 bits per heavy atom. The predicted molar refractivity (Wildman–Crippen MR) is 87.4 cm³/mol. The summed E-state index contributed by atoms with van der Waals surface area (Å²) < 4.78 is 35.7. The van der Waals surface area contributed by atoms with Gasteiger partial charge in [0, 0.05) is 25.6 Å².